The normalized spacial score (nSPS) is 13.0. The molecule has 11 aromatic rings. The van der Waals surface area contributed by atoms with Crippen molar-refractivity contribution in [1.29, 1.82) is 0 Å². The van der Waals surface area contributed by atoms with Crippen molar-refractivity contribution in [2.24, 2.45) is 0 Å². The maximum atomic E-state index is 6.96. The summed E-state index contributed by atoms with van der Waals surface area (Å²) in [5.41, 5.74) is 19.0. The van der Waals surface area contributed by atoms with Crippen molar-refractivity contribution in [3.8, 4) is 28.4 Å². The molecule has 0 fully saturated rings. The van der Waals surface area contributed by atoms with Gasteiger partial charge in [-0.25, -0.2) is 4.98 Å². The predicted octanol–water partition coefficient (Wildman–Crippen LogP) is 21.2. The summed E-state index contributed by atoms with van der Waals surface area (Å²) >= 11 is 0. The summed E-state index contributed by atoms with van der Waals surface area (Å²) in [4.78, 5) is 9.70. The van der Waals surface area contributed by atoms with E-state index in [1.807, 2.05) is 18.3 Å². The molecule has 0 radical (unpaired) electrons. The molecule has 9 aromatic carbocycles. The minimum absolute atomic E-state index is 0. The van der Waals surface area contributed by atoms with Gasteiger partial charge in [-0.3, -0.25) is 0 Å². The van der Waals surface area contributed by atoms with E-state index in [9.17, 15) is 0 Å². The molecule has 0 N–H and O–H groups in total. The Hall–Kier alpha value is -7.98. The number of benzene rings is 9. The molecule has 2 aromatic heterocycles. The molecular weight excluding hydrogens is 1220 g/mol. The molecule has 12 rings (SSSR count). The van der Waals surface area contributed by atoms with Crippen LogP contribution in [0.2, 0.25) is 0 Å². The van der Waals surface area contributed by atoms with Crippen molar-refractivity contribution in [2.75, 3.05) is 9.80 Å². The van der Waals surface area contributed by atoms with Gasteiger partial charge in [0.15, 0.2) is 0 Å². The first kappa shape index (κ1) is 58.8. The maximum absolute atomic E-state index is 6.96. The molecule has 3 heterocycles. The van der Waals surface area contributed by atoms with Crippen molar-refractivity contribution in [1.82, 2.24) is 9.55 Å². The second kappa shape index (κ2) is 22.8. The molecule has 0 unspecified atom stereocenters. The van der Waals surface area contributed by atoms with E-state index in [0.29, 0.717) is 23.3 Å². The fourth-order valence-corrected chi connectivity index (χ4v) is 12.5. The first-order valence-corrected chi connectivity index (χ1v) is 29.9. The molecule has 0 saturated carbocycles. The SMILES string of the molecule is CC(C)c1cccc(C(C)C)c1-c1ccc2c(c1)N(c1[c-]c(Oc3[c-]c4c(cc3)c3cc(C(C)(C)c5ccccc5)ccc3n4-c3cc(C(C)(C)C)ccn3)ccc1)[CH-]N2c1cc(C(C)(C)c2ccccc2)cc(C(C)(C)c2ccccc2)c1.[Pt]. The van der Waals surface area contributed by atoms with Crippen LogP contribution in [0.5, 0.6) is 11.5 Å². The van der Waals surface area contributed by atoms with Gasteiger partial charge < -0.3 is 19.1 Å². The summed E-state index contributed by atoms with van der Waals surface area (Å²) in [7, 11) is 0. The zero-order valence-electron chi connectivity index (χ0n) is 51.5. The number of fused-ring (bicyclic) bond motifs is 4. The van der Waals surface area contributed by atoms with Gasteiger partial charge in [-0.2, -0.15) is 12.1 Å². The number of rotatable bonds is 14. The molecule has 0 amide bonds. The fraction of sp³-hybridized carbons (Fsp3) is 0.241. The molecule has 0 spiro atoms. The molecule has 432 valence electrons. The summed E-state index contributed by atoms with van der Waals surface area (Å²) in [5.74, 6) is 2.68. The number of aromatic nitrogens is 2. The molecule has 0 aliphatic carbocycles. The van der Waals surface area contributed by atoms with E-state index in [0.717, 1.165) is 50.4 Å². The van der Waals surface area contributed by atoms with E-state index in [1.165, 1.54) is 61.2 Å². The van der Waals surface area contributed by atoms with E-state index in [4.69, 9.17) is 9.72 Å². The van der Waals surface area contributed by atoms with Gasteiger partial charge in [0.2, 0.25) is 0 Å². The van der Waals surface area contributed by atoms with Crippen LogP contribution >= 0.6 is 0 Å². The molecule has 85 heavy (non-hydrogen) atoms. The van der Waals surface area contributed by atoms with Gasteiger partial charge in [-0.15, -0.1) is 48.1 Å². The first-order valence-electron chi connectivity index (χ1n) is 29.9. The number of ether oxygens (including phenoxy) is 1. The number of anilines is 4. The maximum Gasteiger partial charge on any atom is 0.135 e. The van der Waals surface area contributed by atoms with Crippen molar-refractivity contribution < 1.29 is 25.8 Å². The Morgan fingerprint density at radius 2 is 1.01 bits per heavy atom. The molecule has 1 aliphatic heterocycles. The summed E-state index contributed by atoms with van der Waals surface area (Å²) in [6, 6.07) is 82.9. The number of hydrogen-bond donors (Lipinski definition) is 0. The Labute approximate surface area is 519 Å². The third kappa shape index (κ3) is 11.0. The van der Waals surface area contributed by atoms with Gasteiger partial charge >= 0.3 is 0 Å². The smallest absolute Gasteiger partial charge is 0.135 e. The van der Waals surface area contributed by atoms with Crippen LogP contribution in [0, 0.1) is 18.8 Å². The van der Waals surface area contributed by atoms with E-state index >= 15 is 0 Å². The Bertz CT molecular complexity index is 4130. The Balaban J connectivity index is 0.00000752. The van der Waals surface area contributed by atoms with E-state index in [-0.39, 0.29) is 42.7 Å². The van der Waals surface area contributed by atoms with Crippen LogP contribution in [0.25, 0.3) is 38.8 Å². The van der Waals surface area contributed by atoms with Gasteiger partial charge in [0.05, 0.1) is 0 Å². The number of hydrogen-bond acceptors (Lipinski definition) is 4. The summed E-state index contributed by atoms with van der Waals surface area (Å²) < 4.78 is 9.20. The fourth-order valence-electron chi connectivity index (χ4n) is 12.5. The van der Waals surface area contributed by atoms with Crippen LogP contribution < -0.4 is 14.5 Å². The molecular formula is C79H77N4OPt-3. The van der Waals surface area contributed by atoms with E-state index < -0.39 is 0 Å². The van der Waals surface area contributed by atoms with Crippen LogP contribution in [0.3, 0.4) is 0 Å². The van der Waals surface area contributed by atoms with Gasteiger partial charge in [0, 0.05) is 77.6 Å². The molecule has 0 bridgehead atoms. The largest absolute Gasteiger partial charge is 0.509 e. The third-order valence-electron chi connectivity index (χ3n) is 18.0. The van der Waals surface area contributed by atoms with Gasteiger partial charge in [0.25, 0.3) is 0 Å². The molecule has 0 saturated heterocycles. The van der Waals surface area contributed by atoms with Gasteiger partial charge in [-0.05, 0) is 126 Å². The summed E-state index contributed by atoms with van der Waals surface area (Å²) in [6.07, 6.45) is 1.93. The topological polar surface area (TPSA) is 33.5 Å². The van der Waals surface area contributed by atoms with Crippen molar-refractivity contribution in [2.45, 2.75) is 124 Å². The van der Waals surface area contributed by atoms with E-state index in [1.54, 1.807) is 0 Å². The zero-order valence-corrected chi connectivity index (χ0v) is 53.7. The average molecular weight is 1290 g/mol. The molecule has 1 aliphatic rings. The monoisotopic (exact) mass is 1290 g/mol. The van der Waals surface area contributed by atoms with Crippen LogP contribution in [0.1, 0.15) is 152 Å². The quantitative estimate of drug-likeness (QED) is 0.102. The van der Waals surface area contributed by atoms with Gasteiger partial charge in [-0.1, -0.05) is 229 Å². The van der Waals surface area contributed by atoms with Crippen LogP contribution in [0.4, 0.5) is 22.7 Å². The van der Waals surface area contributed by atoms with E-state index in [2.05, 4.69) is 317 Å². The van der Waals surface area contributed by atoms with Crippen LogP contribution in [-0.2, 0) is 42.7 Å². The second-order valence-electron chi connectivity index (χ2n) is 26.2. The Morgan fingerprint density at radius 3 is 1.59 bits per heavy atom. The zero-order chi connectivity index (χ0) is 58.9. The van der Waals surface area contributed by atoms with Crippen molar-refractivity contribution in [3.05, 3.63) is 281 Å². The minimum Gasteiger partial charge on any atom is -0.509 e. The molecule has 6 heteroatoms. The van der Waals surface area contributed by atoms with Crippen molar-refractivity contribution >= 4 is 44.6 Å². The third-order valence-corrected chi connectivity index (χ3v) is 18.0. The Kier molecular flexibility index (Phi) is 15.8. The first-order chi connectivity index (χ1) is 40.2. The standard InChI is InChI=1S/C79H77N4O.Pt/c1-52(2)66-33-24-34-67(53(3)4)75(66)54-35-39-71-73(43-54)81(51-82(71)63-45-60(78(10,11)56-27-19-15-20-28-56)44-61(46-63)79(12,13)57-29-21-16-22-30-57)62-31-23-32-64(49-62)84-65-37-38-68-69-47-59(77(8,9)55-25-17-14-18-26-55)36-40-70(69)83(72(68)50-65)74-48-58(41-42-80-74)76(5,6)7;/h14-48,51-53H,1-13H3;/q-3;. The van der Waals surface area contributed by atoms with Crippen LogP contribution in [-0.4, -0.2) is 9.55 Å². The number of pyridine rings is 1. The minimum atomic E-state index is -0.304. The second-order valence-corrected chi connectivity index (χ2v) is 26.2. The summed E-state index contributed by atoms with van der Waals surface area (Å²) in [5, 5.41) is 2.22. The number of nitrogens with zero attached hydrogens (tertiary/aromatic N) is 4. The Morgan fingerprint density at radius 1 is 0.447 bits per heavy atom. The summed E-state index contributed by atoms with van der Waals surface area (Å²) in [6.45, 7) is 32.2. The van der Waals surface area contributed by atoms with Gasteiger partial charge in [0.1, 0.15) is 5.82 Å². The van der Waals surface area contributed by atoms with Crippen molar-refractivity contribution in [3.63, 3.8) is 0 Å². The molecule has 5 nitrogen and oxygen atoms in total. The van der Waals surface area contributed by atoms with Crippen LogP contribution in [0.15, 0.2) is 212 Å². The average Bonchev–Trinajstić information content (AvgIpc) is 1.75. The predicted molar refractivity (Wildman–Crippen MR) is 352 cm³/mol. The molecule has 0 atom stereocenters.